The van der Waals surface area contributed by atoms with Crippen molar-refractivity contribution in [1.29, 1.82) is 0 Å². The van der Waals surface area contributed by atoms with E-state index in [0.717, 1.165) is 50.8 Å². The minimum Gasteiger partial charge on any atom is -0.457 e. The fourth-order valence-corrected chi connectivity index (χ4v) is 18.3. The van der Waals surface area contributed by atoms with Crippen molar-refractivity contribution in [2.75, 3.05) is 16.5 Å². The summed E-state index contributed by atoms with van der Waals surface area (Å²) in [5, 5.41) is 7.99. The molecular formula is C75H64N4OSi. The molecule has 0 saturated carbocycles. The summed E-state index contributed by atoms with van der Waals surface area (Å²) < 4.78 is 9.46. The summed E-state index contributed by atoms with van der Waals surface area (Å²) in [5.41, 5.74) is 17.8. The number of para-hydroxylation sites is 2. The van der Waals surface area contributed by atoms with Crippen molar-refractivity contribution in [2.45, 2.75) is 59.3 Å². The van der Waals surface area contributed by atoms with E-state index in [-0.39, 0.29) is 10.8 Å². The summed E-state index contributed by atoms with van der Waals surface area (Å²) in [6, 6.07) is 89.7. The number of ether oxygens (including phenoxy) is 1. The molecule has 0 spiro atoms. The lowest BCUT2D eigenvalue weighted by Gasteiger charge is -2.31. The molecule has 81 heavy (non-hydrogen) atoms. The number of nitrogens with zero attached hydrogens (tertiary/aromatic N) is 4. The van der Waals surface area contributed by atoms with E-state index in [1.807, 2.05) is 6.20 Å². The molecule has 0 bridgehead atoms. The van der Waals surface area contributed by atoms with E-state index in [4.69, 9.17) is 9.72 Å². The van der Waals surface area contributed by atoms with E-state index in [2.05, 4.69) is 305 Å². The van der Waals surface area contributed by atoms with Crippen LogP contribution in [0.2, 0.25) is 0 Å². The lowest BCUT2D eigenvalue weighted by molar-refractivity contribution is 0.483. The molecule has 0 radical (unpaired) electrons. The van der Waals surface area contributed by atoms with Gasteiger partial charge in [0.25, 0.3) is 0 Å². The first-order valence-corrected chi connectivity index (χ1v) is 30.4. The maximum atomic E-state index is 7.09. The summed E-state index contributed by atoms with van der Waals surface area (Å²) >= 11 is 0. The zero-order valence-corrected chi connectivity index (χ0v) is 48.1. The molecule has 0 aliphatic carbocycles. The molecule has 0 N–H and O–H groups in total. The largest absolute Gasteiger partial charge is 0.457 e. The van der Waals surface area contributed by atoms with Gasteiger partial charge in [-0.05, 0) is 144 Å². The third-order valence-corrected chi connectivity index (χ3v) is 21.8. The topological polar surface area (TPSA) is 33.5 Å². The van der Waals surface area contributed by atoms with Crippen molar-refractivity contribution in [3.05, 3.63) is 266 Å². The van der Waals surface area contributed by atoms with Crippen LogP contribution in [-0.2, 0) is 10.8 Å². The zero-order valence-electron chi connectivity index (χ0n) is 47.1. The van der Waals surface area contributed by atoms with Crippen molar-refractivity contribution in [3.63, 3.8) is 0 Å². The van der Waals surface area contributed by atoms with Gasteiger partial charge >= 0.3 is 0 Å². The summed E-state index contributed by atoms with van der Waals surface area (Å²) in [6.45, 7) is 16.5. The number of rotatable bonds is 9. The van der Waals surface area contributed by atoms with Gasteiger partial charge in [-0.25, -0.2) is 4.98 Å². The van der Waals surface area contributed by atoms with Crippen molar-refractivity contribution >= 4 is 73.4 Å². The summed E-state index contributed by atoms with van der Waals surface area (Å²) in [7, 11) is -2.76. The van der Waals surface area contributed by atoms with Crippen LogP contribution in [0.5, 0.6) is 11.5 Å². The van der Waals surface area contributed by atoms with Crippen LogP contribution in [0.15, 0.2) is 249 Å². The van der Waals surface area contributed by atoms with Crippen molar-refractivity contribution < 1.29 is 4.74 Å². The highest BCUT2D eigenvalue weighted by atomic mass is 28.3. The van der Waals surface area contributed by atoms with Gasteiger partial charge < -0.3 is 14.5 Å². The molecule has 6 heteroatoms. The standard InChI is InChI=1S/C75H64N4OSi/c1-50-43-62(51-23-11-8-12-24-51)73(63(44-50)52-25-21-26-53(45-52)74(2,3)4)78-49-77(64-34-18-19-35-65(64)78)55-27-22-28-56(47-55)80-57-37-38-60-67(48-57)79(70-46-54(41-42-76-70)75(5,6)7)66-39-40-69-72(71(60)66)61-33-17-20-36-68(61)81(69,58-29-13-9-14-30-58)59-31-15-10-16-32-59/h8-48H,49H2,1-7H3. The second kappa shape index (κ2) is 19.3. The quantitative estimate of drug-likeness (QED) is 0.135. The number of hydrogen-bond acceptors (Lipinski definition) is 4. The normalized spacial score (nSPS) is 13.6. The molecule has 14 rings (SSSR count). The lowest BCUT2D eigenvalue weighted by atomic mass is 9.84. The van der Waals surface area contributed by atoms with Crippen LogP contribution in [0.25, 0.3) is 61.0 Å². The third-order valence-electron chi connectivity index (χ3n) is 16.9. The van der Waals surface area contributed by atoms with Crippen molar-refractivity contribution in [1.82, 2.24) is 9.55 Å². The first-order chi connectivity index (χ1) is 39.3. The van der Waals surface area contributed by atoms with Gasteiger partial charge in [0.1, 0.15) is 24.0 Å². The highest BCUT2D eigenvalue weighted by Crippen LogP contribution is 2.51. The Morgan fingerprint density at radius 3 is 1.78 bits per heavy atom. The molecule has 394 valence electrons. The Hall–Kier alpha value is -9.23. The number of anilines is 4. The van der Waals surface area contributed by atoms with Crippen LogP contribution in [0.3, 0.4) is 0 Å². The van der Waals surface area contributed by atoms with Crippen LogP contribution >= 0.6 is 0 Å². The van der Waals surface area contributed by atoms with Gasteiger partial charge in [0.2, 0.25) is 0 Å². The maximum absolute atomic E-state index is 7.09. The minimum absolute atomic E-state index is 0.000526. The Balaban J connectivity index is 0.902. The van der Waals surface area contributed by atoms with E-state index in [0.29, 0.717) is 6.67 Å². The van der Waals surface area contributed by atoms with Crippen LogP contribution < -0.4 is 35.3 Å². The second-order valence-corrected chi connectivity index (χ2v) is 27.8. The molecule has 12 aromatic rings. The van der Waals surface area contributed by atoms with Gasteiger partial charge in [0.15, 0.2) is 8.07 Å². The average molecular weight is 1070 g/mol. The van der Waals surface area contributed by atoms with Gasteiger partial charge in [-0.15, -0.1) is 0 Å². The Kier molecular flexibility index (Phi) is 11.9. The molecule has 0 atom stereocenters. The Morgan fingerprint density at radius 1 is 0.457 bits per heavy atom. The highest BCUT2D eigenvalue weighted by molar-refractivity contribution is 7.22. The predicted octanol–water partition coefficient (Wildman–Crippen LogP) is 16.8. The SMILES string of the molecule is Cc1cc(-c2ccccc2)c(N2CN(c3cccc(Oc4ccc5c6c7c(ccc6n(-c6cc(C(C)(C)C)ccn6)c5c4)[Si](c4ccccc4)(c4ccccc4)c4ccccc4-7)c3)c3ccccc32)c(-c2cccc(C(C)(C)C)c2)c1. The Bertz CT molecular complexity index is 4360. The Morgan fingerprint density at radius 2 is 1.06 bits per heavy atom. The molecule has 2 aromatic heterocycles. The fourth-order valence-electron chi connectivity index (χ4n) is 13.1. The zero-order chi connectivity index (χ0) is 55.2. The highest BCUT2D eigenvalue weighted by Gasteiger charge is 2.49. The fraction of sp³-hybridized carbons (Fsp3) is 0.133. The van der Waals surface area contributed by atoms with E-state index in [1.165, 1.54) is 81.9 Å². The number of aromatic nitrogens is 2. The van der Waals surface area contributed by atoms with Crippen LogP contribution in [0.1, 0.15) is 58.2 Å². The molecule has 10 aromatic carbocycles. The van der Waals surface area contributed by atoms with Crippen LogP contribution in [0.4, 0.5) is 22.7 Å². The Labute approximate surface area is 477 Å². The van der Waals surface area contributed by atoms with Gasteiger partial charge in [-0.3, -0.25) is 4.57 Å². The number of benzene rings is 10. The number of fused-ring (bicyclic) bond motifs is 8. The minimum atomic E-state index is -2.76. The number of hydrogen-bond donors (Lipinski definition) is 0. The van der Waals surface area contributed by atoms with Gasteiger partial charge in [-0.2, -0.15) is 0 Å². The lowest BCUT2D eigenvalue weighted by Crippen LogP contribution is -2.72. The molecule has 2 aliphatic heterocycles. The molecule has 2 aliphatic rings. The molecule has 0 unspecified atom stereocenters. The van der Waals surface area contributed by atoms with Gasteiger partial charge in [-0.1, -0.05) is 205 Å². The maximum Gasteiger partial charge on any atom is 0.180 e. The molecule has 0 saturated heterocycles. The third kappa shape index (κ3) is 8.30. The molecule has 5 nitrogen and oxygen atoms in total. The molecule has 0 amide bonds. The molecular weight excluding hydrogens is 1000 g/mol. The summed E-state index contributed by atoms with van der Waals surface area (Å²) in [4.78, 5) is 10.1. The first-order valence-electron chi connectivity index (χ1n) is 28.4. The number of pyridine rings is 1. The predicted molar refractivity (Wildman–Crippen MR) is 343 cm³/mol. The van der Waals surface area contributed by atoms with Gasteiger partial charge in [0.05, 0.1) is 28.1 Å². The van der Waals surface area contributed by atoms with Gasteiger partial charge in [0, 0.05) is 45.9 Å². The van der Waals surface area contributed by atoms with E-state index in [9.17, 15) is 0 Å². The first kappa shape index (κ1) is 50.0. The van der Waals surface area contributed by atoms with Crippen molar-refractivity contribution in [2.24, 2.45) is 0 Å². The molecule has 4 heterocycles. The molecule has 0 fully saturated rings. The average Bonchev–Trinajstić information content (AvgIpc) is 3.92. The van der Waals surface area contributed by atoms with Crippen LogP contribution in [0, 0.1) is 6.92 Å². The smallest absolute Gasteiger partial charge is 0.180 e. The number of aryl methyl sites for hydroxylation is 1. The monoisotopic (exact) mass is 1060 g/mol. The summed E-state index contributed by atoms with van der Waals surface area (Å²) in [6.07, 6.45) is 1.97. The van der Waals surface area contributed by atoms with Crippen LogP contribution in [-0.4, -0.2) is 24.3 Å². The van der Waals surface area contributed by atoms with E-state index in [1.54, 1.807) is 0 Å². The van der Waals surface area contributed by atoms with E-state index < -0.39 is 8.07 Å². The van der Waals surface area contributed by atoms with E-state index >= 15 is 0 Å². The second-order valence-electron chi connectivity index (χ2n) is 24.1. The van der Waals surface area contributed by atoms with Crippen molar-refractivity contribution in [3.8, 4) is 50.7 Å². The summed E-state index contributed by atoms with van der Waals surface area (Å²) in [5.74, 6) is 2.39.